The predicted octanol–water partition coefficient (Wildman–Crippen LogP) is 2.04. The van der Waals surface area contributed by atoms with Gasteiger partial charge in [-0.15, -0.1) is 0 Å². The van der Waals surface area contributed by atoms with Gasteiger partial charge >= 0.3 is 23.8 Å². The van der Waals surface area contributed by atoms with Crippen LogP contribution in [0.15, 0.2) is 0 Å². The Balaban J connectivity index is 3.83. The van der Waals surface area contributed by atoms with E-state index in [1.165, 1.54) is 44.9 Å². The van der Waals surface area contributed by atoms with E-state index in [-0.39, 0.29) is 134 Å². The molecule has 5 amide bonds. The Morgan fingerprint density at radius 1 is 0.414 bits per heavy atom. The van der Waals surface area contributed by atoms with E-state index in [1.54, 1.807) is 0 Å². The number of rotatable bonds is 50. The van der Waals surface area contributed by atoms with Crippen molar-refractivity contribution in [2.24, 2.45) is 0 Å². The van der Waals surface area contributed by atoms with E-state index in [1.807, 2.05) is 6.92 Å². The first-order valence-electron chi connectivity index (χ1n) is 25.4. The number of carbonyl (C=O) groups is 8. The predicted molar refractivity (Wildman–Crippen MR) is 259 cm³/mol. The van der Waals surface area contributed by atoms with E-state index < -0.39 is 42.5 Å². The minimum atomic E-state index is -1.29. The summed E-state index contributed by atoms with van der Waals surface area (Å²) in [5.41, 5.74) is 0. The van der Waals surface area contributed by atoms with Gasteiger partial charge in [-0.2, -0.15) is 0 Å². The van der Waals surface area contributed by atoms with Crippen LogP contribution >= 0.6 is 0 Å². The molecule has 404 valence electrons. The average Bonchev–Trinajstić information content (AvgIpc) is 3.31. The Morgan fingerprint density at radius 2 is 0.843 bits per heavy atom. The summed E-state index contributed by atoms with van der Waals surface area (Å²) in [6.07, 6.45) is 18.0. The highest BCUT2D eigenvalue weighted by molar-refractivity contribution is 5.85. The second-order valence-corrected chi connectivity index (χ2v) is 17.0. The molecule has 22 heteroatoms. The van der Waals surface area contributed by atoms with E-state index in [4.69, 9.17) is 24.1 Å². The Hall–Kier alpha value is -4.93. The molecule has 0 spiro atoms. The van der Waals surface area contributed by atoms with E-state index in [2.05, 4.69) is 31.6 Å². The molecule has 22 nitrogen and oxygen atoms in total. The van der Waals surface area contributed by atoms with Crippen LogP contribution in [0.3, 0.4) is 0 Å². The molecule has 0 radical (unpaired) electrons. The Kier molecular flexibility index (Phi) is 43.2. The summed E-state index contributed by atoms with van der Waals surface area (Å²) < 4.78 is 21.2. The van der Waals surface area contributed by atoms with Gasteiger partial charge < -0.3 is 66.0 Å². The Bertz CT molecular complexity index is 1490. The minimum absolute atomic E-state index is 0.00883. The third kappa shape index (κ3) is 44.3. The second kappa shape index (κ2) is 46.5. The first kappa shape index (κ1) is 65.1. The molecule has 0 saturated heterocycles. The fourth-order valence-electron chi connectivity index (χ4n) is 6.76. The lowest BCUT2D eigenvalue weighted by molar-refractivity contribution is -0.501. The van der Waals surface area contributed by atoms with Gasteiger partial charge in [0.2, 0.25) is 29.5 Å². The monoisotopic (exact) mass is 1000 g/mol. The molecule has 0 heterocycles. The lowest BCUT2D eigenvalue weighted by atomic mass is 10.0. The molecule has 0 aliphatic rings. The largest absolute Gasteiger partial charge is 0.481 e. The van der Waals surface area contributed by atoms with Crippen LogP contribution in [-0.4, -0.2) is 165 Å². The number of nitrogens with one attached hydrogen (secondary N) is 6. The lowest BCUT2D eigenvalue weighted by Crippen LogP contribution is -2.82. The summed E-state index contributed by atoms with van der Waals surface area (Å²) in [7, 11) is 0. The topological polar surface area (TPSA) is 329 Å². The highest BCUT2D eigenvalue weighted by Crippen LogP contribution is 2.14. The average molecular weight is 1000 g/mol. The SMILES string of the molecule is CCCCNC(=O)CCCNC(=O)CCC(NC(=O)COCCOCCNC(=O)COCCOCCNC(=O)CC[C@H]([NH+]=C(O)CCCCCCCCCCCCCCCCC(=O)O)C(=O)O)C(=O)O. The maximum atomic E-state index is 12.3. The molecule has 0 aliphatic heterocycles. The number of carboxylic acid groups (broad SMARTS) is 3. The molecule has 10 N–H and O–H groups in total. The van der Waals surface area contributed by atoms with Crippen LogP contribution in [0.2, 0.25) is 0 Å². The zero-order valence-corrected chi connectivity index (χ0v) is 41.8. The normalized spacial score (nSPS) is 12.2. The number of aliphatic hydroxyl groups excluding tert-OH is 1. The van der Waals surface area contributed by atoms with Gasteiger partial charge in [-0.3, -0.25) is 28.8 Å². The summed E-state index contributed by atoms with van der Waals surface area (Å²) in [6, 6.07) is -2.38. The molecule has 70 heavy (non-hydrogen) atoms. The third-order valence-corrected chi connectivity index (χ3v) is 10.7. The van der Waals surface area contributed by atoms with Crippen molar-refractivity contribution in [1.82, 2.24) is 26.6 Å². The summed E-state index contributed by atoms with van der Waals surface area (Å²) in [4.78, 5) is 96.6. The van der Waals surface area contributed by atoms with Gasteiger partial charge in [0.15, 0.2) is 0 Å². The number of carboxylic acids is 3. The van der Waals surface area contributed by atoms with Gasteiger partial charge in [-0.25, -0.2) is 14.6 Å². The molecule has 1 unspecified atom stereocenters. The standard InChI is InChI=1S/C48H86N6O16/c1-2-3-26-49-40(55)20-18-27-50-41(56)24-23-39(48(65)66)54-45(60)37-70-35-33-68-31-29-52-44(59)36-69-34-32-67-30-28-51-42(57)25-22-38(47(63)64)53-43(58)19-16-14-12-10-8-6-4-5-7-9-11-13-15-17-21-46(61)62/h38-39H,2-37H2,1H3,(H,49,55)(H,50,56)(H,51,57)(H,52,59)(H,53,58)(H,54,60)(H,61,62)(H,63,64)(H,65,66)/p+1/t38-,39?/m0/s1. The number of ether oxygens (including phenoxy) is 4. The second-order valence-electron chi connectivity index (χ2n) is 17.0. The van der Waals surface area contributed by atoms with Crippen LogP contribution in [0.5, 0.6) is 0 Å². The molecular weight excluding hydrogens is 917 g/mol. The Labute approximate surface area is 413 Å². The molecule has 0 rings (SSSR count). The van der Waals surface area contributed by atoms with Gasteiger partial charge in [-0.05, 0) is 32.1 Å². The quantitative estimate of drug-likeness (QED) is 0.0237. The molecule has 0 fully saturated rings. The summed E-state index contributed by atoms with van der Waals surface area (Å²) in [5, 5.41) is 50.9. The molecule has 0 aliphatic carbocycles. The molecule has 0 aromatic carbocycles. The first-order valence-corrected chi connectivity index (χ1v) is 25.4. The van der Waals surface area contributed by atoms with Crippen LogP contribution in [0, 0.1) is 0 Å². The highest BCUT2D eigenvalue weighted by Gasteiger charge is 2.25. The molecule has 0 aromatic rings. The van der Waals surface area contributed by atoms with Crippen molar-refractivity contribution >= 4 is 53.3 Å². The molecule has 0 aromatic heterocycles. The van der Waals surface area contributed by atoms with Crippen molar-refractivity contribution in [3.05, 3.63) is 0 Å². The van der Waals surface area contributed by atoms with Gasteiger partial charge in [0.05, 0.1) is 46.1 Å². The summed E-state index contributed by atoms with van der Waals surface area (Å²) in [6.45, 7) is 3.43. The Morgan fingerprint density at radius 3 is 1.34 bits per heavy atom. The fourth-order valence-corrected chi connectivity index (χ4v) is 6.76. The first-order chi connectivity index (χ1) is 33.7. The van der Waals surface area contributed by atoms with Crippen molar-refractivity contribution < 1.29 is 82.7 Å². The maximum Gasteiger partial charge on any atom is 0.373 e. The number of amides is 5. The zero-order valence-electron chi connectivity index (χ0n) is 41.8. The number of hydrogen-bond acceptors (Lipinski definition) is 12. The highest BCUT2D eigenvalue weighted by atomic mass is 16.5. The third-order valence-electron chi connectivity index (χ3n) is 10.7. The van der Waals surface area contributed by atoms with Crippen LogP contribution in [0.25, 0.3) is 0 Å². The van der Waals surface area contributed by atoms with Gasteiger partial charge in [0, 0.05) is 58.3 Å². The molecule has 0 bridgehead atoms. The van der Waals surface area contributed by atoms with Crippen molar-refractivity contribution in [2.45, 2.75) is 173 Å². The number of aliphatic carboxylic acids is 3. The van der Waals surface area contributed by atoms with E-state index in [0.29, 0.717) is 19.4 Å². The van der Waals surface area contributed by atoms with Crippen LogP contribution < -0.4 is 31.6 Å². The van der Waals surface area contributed by atoms with Gasteiger partial charge in [-0.1, -0.05) is 90.4 Å². The van der Waals surface area contributed by atoms with Crippen LogP contribution in [0.4, 0.5) is 0 Å². The number of aliphatic hydroxyl groups is 1. The minimum Gasteiger partial charge on any atom is -0.481 e. The molecular formula is C48H87N6O16+. The molecule has 0 saturated carbocycles. The van der Waals surface area contributed by atoms with Crippen molar-refractivity contribution in [1.29, 1.82) is 0 Å². The van der Waals surface area contributed by atoms with Gasteiger partial charge in [0.1, 0.15) is 19.3 Å². The molecule has 2 atom stereocenters. The van der Waals surface area contributed by atoms with Crippen molar-refractivity contribution in [2.75, 3.05) is 79.0 Å². The number of hydrogen-bond donors (Lipinski definition) is 10. The zero-order chi connectivity index (χ0) is 51.9. The van der Waals surface area contributed by atoms with E-state index in [0.717, 1.165) is 57.8 Å². The summed E-state index contributed by atoms with van der Waals surface area (Å²) >= 11 is 0. The summed E-state index contributed by atoms with van der Waals surface area (Å²) in [5.74, 6) is -5.15. The van der Waals surface area contributed by atoms with Gasteiger partial charge in [0.25, 0.3) is 6.04 Å². The lowest BCUT2D eigenvalue weighted by Gasteiger charge is -2.14. The van der Waals surface area contributed by atoms with Crippen molar-refractivity contribution in [3.63, 3.8) is 0 Å². The van der Waals surface area contributed by atoms with Crippen LogP contribution in [0.1, 0.15) is 161 Å². The number of unbranched alkanes of at least 4 members (excludes halogenated alkanes) is 14. The number of carbonyl (C=O) groups excluding carboxylic acids is 5. The van der Waals surface area contributed by atoms with Crippen LogP contribution in [-0.2, 0) is 57.3 Å². The van der Waals surface area contributed by atoms with Crippen molar-refractivity contribution in [3.8, 4) is 0 Å². The maximum absolute atomic E-state index is 12.3. The smallest absolute Gasteiger partial charge is 0.373 e. The van der Waals surface area contributed by atoms with E-state index in [9.17, 15) is 53.7 Å². The fraction of sp³-hybridized carbons (Fsp3) is 0.812. The van der Waals surface area contributed by atoms with E-state index >= 15 is 0 Å².